The van der Waals surface area contributed by atoms with E-state index in [-0.39, 0.29) is 11.6 Å². The molecule has 21 heavy (non-hydrogen) atoms. The van der Waals surface area contributed by atoms with Crippen molar-refractivity contribution in [3.63, 3.8) is 0 Å². The van der Waals surface area contributed by atoms with E-state index in [1.807, 2.05) is 19.1 Å². The van der Waals surface area contributed by atoms with Crippen LogP contribution >= 0.6 is 31.9 Å². The lowest BCUT2D eigenvalue weighted by Gasteiger charge is -2.07. The fraction of sp³-hybridized carbons (Fsp3) is 0.154. The first-order chi connectivity index (χ1) is 10.0. The monoisotopic (exact) mass is 414 g/mol. The molecule has 1 amide bonds. The molecule has 1 aromatic heterocycles. The molecule has 0 saturated carbocycles. The van der Waals surface area contributed by atoms with Gasteiger partial charge in [-0.1, -0.05) is 15.9 Å². The van der Waals surface area contributed by atoms with Crippen molar-refractivity contribution in [1.29, 1.82) is 0 Å². The lowest BCUT2D eigenvalue weighted by Crippen LogP contribution is -2.18. The molecule has 110 valence electrons. The SMILES string of the molecule is COc1c(Br)cc(Br)cc1/C=N\NC(=O)c1cc(C)[nH]n1. The summed E-state index contributed by atoms with van der Waals surface area (Å²) in [5.74, 6) is 0.246. The predicted molar refractivity (Wildman–Crippen MR) is 86.8 cm³/mol. The highest BCUT2D eigenvalue weighted by atomic mass is 79.9. The van der Waals surface area contributed by atoms with Crippen LogP contribution in [0.4, 0.5) is 0 Å². The first-order valence-corrected chi connectivity index (χ1v) is 7.48. The molecule has 0 saturated heterocycles. The second kappa shape index (κ2) is 6.86. The average molecular weight is 416 g/mol. The van der Waals surface area contributed by atoms with E-state index in [1.54, 1.807) is 13.2 Å². The van der Waals surface area contributed by atoms with Crippen LogP contribution in [-0.4, -0.2) is 29.4 Å². The Labute approximate surface area is 138 Å². The lowest BCUT2D eigenvalue weighted by molar-refractivity contribution is 0.0950. The van der Waals surface area contributed by atoms with Gasteiger partial charge >= 0.3 is 0 Å². The number of amides is 1. The summed E-state index contributed by atoms with van der Waals surface area (Å²) in [7, 11) is 1.57. The number of benzene rings is 1. The Morgan fingerprint density at radius 2 is 2.19 bits per heavy atom. The number of aromatic nitrogens is 2. The molecule has 0 atom stereocenters. The fourth-order valence-corrected chi connectivity index (χ4v) is 3.06. The molecule has 2 N–H and O–H groups in total. The van der Waals surface area contributed by atoms with Gasteiger partial charge in [-0.2, -0.15) is 10.2 Å². The number of nitrogens with one attached hydrogen (secondary N) is 2. The van der Waals surface area contributed by atoms with Crippen LogP contribution in [0.3, 0.4) is 0 Å². The third kappa shape index (κ3) is 3.92. The Kier molecular flexibility index (Phi) is 5.13. The van der Waals surface area contributed by atoms with Gasteiger partial charge in [-0.15, -0.1) is 0 Å². The molecule has 0 unspecified atom stereocenters. The molecule has 1 aromatic carbocycles. The minimum atomic E-state index is -0.386. The van der Waals surface area contributed by atoms with Crippen LogP contribution in [0.15, 0.2) is 32.2 Å². The molecular weight excluding hydrogens is 404 g/mol. The molecule has 1 heterocycles. The number of H-pyrrole nitrogens is 1. The third-order valence-corrected chi connectivity index (χ3v) is 3.60. The fourth-order valence-electron chi connectivity index (χ4n) is 1.64. The number of halogens is 2. The minimum Gasteiger partial charge on any atom is -0.495 e. The Balaban J connectivity index is 2.13. The maximum atomic E-state index is 11.8. The summed E-state index contributed by atoms with van der Waals surface area (Å²) in [5, 5.41) is 10.5. The highest BCUT2D eigenvalue weighted by Gasteiger charge is 2.09. The smallest absolute Gasteiger partial charge is 0.291 e. The molecule has 0 spiro atoms. The van der Waals surface area contributed by atoms with Gasteiger partial charge in [0, 0.05) is 15.7 Å². The molecule has 8 heteroatoms. The summed E-state index contributed by atoms with van der Waals surface area (Å²) >= 11 is 6.79. The van der Waals surface area contributed by atoms with E-state index < -0.39 is 0 Å². The minimum absolute atomic E-state index is 0.284. The summed E-state index contributed by atoms with van der Waals surface area (Å²) in [5.41, 5.74) is 4.22. The summed E-state index contributed by atoms with van der Waals surface area (Å²) in [6.45, 7) is 1.82. The number of hydrazone groups is 1. The topological polar surface area (TPSA) is 79.4 Å². The normalized spacial score (nSPS) is 10.9. The zero-order valence-corrected chi connectivity index (χ0v) is 14.4. The van der Waals surface area contributed by atoms with Gasteiger partial charge in [0.15, 0.2) is 5.69 Å². The van der Waals surface area contributed by atoms with Gasteiger partial charge in [-0.05, 0) is 41.1 Å². The summed E-state index contributed by atoms with van der Waals surface area (Å²) in [4.78, 5) is 11.8. The molecule has 0 fully saturated rings. The average Bonchev–Trinajstić information content (AvgIpc) is 2.85. The van der Waals surface area contributed by atoms with Gasteiger partial charge in [0.2, 0.25) is 0 Å². The molecular formula is C13H12Br2N4O2. The zero-order chi connectivity index (χ0) is 15.4. The number of carbonyl (C=O) groups is 1. The van der Waals surface area contributed by atoms with Crippen LogP contribution in [0.5, 0.6) is 5.75 Å². The zero-order valence-electron chi connectivity index (χ0n) is 11.3. The van der Waals surface area contributed by atoms with Crippen molar-refractivity contribution >= 4 is 44.0 Å². The number of aromatic amines is 1. The van der Waals surface area contributed by atoms with E-state index in [2.05, 4.69) is 52.6 Å². The molecule has 0 aliphatic carbocycles. The van der Waals surface area contributed by atoms with Crippen LogP contribution in [0.1, 0.15) is 21.7 Å². The highest BCUT2D eigenvalue weighted by Crippen LogP contribution is 2.31. The van der Waals surface area contributed by atoms with Gasteiger partial charge in [0.1, 0.15) is 5.75 Å². The number of nitrogens with zero attached hydrogens (tertiary/aromatic N) is 2. The van der Waals surface area contributed by atoms with Crippen molar-refractivity contribution in [2.24, 2.45) is 5.10 Å². The molecule has 0 aliphatic rings. The summed E-state index contributed by atoms with van der Waals surface area (Å²) < 4.78 is 6.94. The predicted octanol–water partition coefficient (Wildman–Crippen LogP) is 3.02. The summed E-state index contributed by atoms with van der Waals surface area (Å²) in [6, 6.07) is 5.33. The summed E-state index contributed by atoms with van der Waals surface area (Å²) in [6.07, 6.45) is 1.51. The van der Waals surface area contributed by atoms with E-state index >= 15 is 0 Å². The van der Waals surface area contributed by atoms with Gasteiger partial charge in [0.05, 0.1) is 17.8 Å². The van der Waals surface area contributed by atoms with Gasteiger partial charge in [-0.25, -0.2) is 5.43 Å². The van der Waals surface area contributed by atoms with E-state index in [9.17, 15) is 4.79 Å². The first kappa shape index (κ1) is 15.7. The Bertz CT molecular complexity index is 697. The molecule has 0 radical (unpaired) electrons. The largest absolute Gasteiger partial charge is 0.495 e. The number of hydrogen-bond acceptors (Lipinski definition) is 4. The van der Waals surface area contributed by atoms with Crippen LogP contribution in [0, 0.1) is 6.92 Å². The Hall–Kier alpha value is -1.67. The number of aryl methyl sites for hydroxylation is 1. The number of ether oxygens (including phenoxy) is 1. The van der Waals surface area contributed by atoms with Crippen LogP contribution in [0.2, 0.25) is 0 Å². The lowest BCUT2D eigenvalue weighted by atomic mass is 10.2. The maximum Gasteiger partial charge on any atom is 0.291 e. The van der Waals surface area contributed by atoms with E-state index in [0.29, 0.717) is 5.75 Å². The van der Waals surface area contributed by atoms with Crippen molar-refractivity contribution in [1.82, 2.24) is 15.6 Å². The number of carbonyl (C=O) groups excluding carboxylic acids is 1. The van der Waals surface area contributed by atoms with E-state index in [4.69, 9.17) is 4.74 Å². The van der Waals surface area contributed by atoms with E-state index in [1.165, 1.54) is 6.21 Å². The molecule has 6 nitrogen and oxygen atoms in total. The first-order valence-electron chi connectivity index (χ1n) is 5.89. The standard InChI is InChI=1S/C13H12Br2N4O2/c1-7-3-11(18-17-7)13(20)19-16-6-8-4-9(14)5-10(15)12(8)21-2/h3-6H,1-2H3,(H,17,18)(H,19,20)/b16-6-. The van der Waals surface area contributed by atoms with Gasteiger partial charge in [-0.3, -0.25) is 9.89 Å². The maximum absolute atomic E-state index is 11.8. The van der Waals surface area contributed by atoms with Crippen molar-refractivity contribution < 1.29 is 9.53 Å². The van der Waals surface area contributed by atoms with E-state index in [0.717, 1.165) is 20.2 Å². The Morgan fingerprint density at radius 1 is 1.43 bits per heavy atom. The van der Waals surface area contributed by atoms with Crippen molar-refractivity contribution in [3.8, 4) is 5.75 Å². The van der Waals surface area contributed by atoms with Crippen molar-refractivity contribution in [3.05, 3.63) is 44.1 Å². The highest BCUT2D eigenvalue weighted by molar-refractivity contribution is 9.11. The number of rotatable bonds is 4. The van der Waals surface area contributed by atoms with Gasteiger partial charge in [0.25, 0.3) is 5.91 Å². The van der Waals surface area contributed by atoms with Crippen LogP contribution < -0.4 is 10.2 Å². The third-order valence-electron chi connectivity index (χ3n) is 2.55. The van der Waals surface area contributed by atoms with Crippen LogP contribution in [-0.2, 0) is 0 Å². The Morgan fingerprint density at radius 3 is 2.81 bits per heavy atom. The van der Waals surface area contributed by atoms with Crippen LogP contribution in [0.25, 0.3) is 0 Å². The molecule has 0 bridgehead atoms. The molecule has 0 aliphatic heterocycles. The van der Waals surface area contributed by atoms with Crippen molar-refractivity contribution in [2.75, 3.05) is 7.11 Å². The quantitative estimate of drug-likeness (QED) is 0.595. The number of methoxy groups -OCH3 is 1. The number of hydrogen-bond donors (Lipinski definition) is 2. The molecule has 2 rings (SSSR count). The second-order valence-corrected chi connectivity index (χ2v) is 5.92. The molecule has 2 aromatic rings. The van der Waals surface area contributed by atoms with Gasteiger partial charge < -0.3 is 4.74 Å². The second-order valence-electron chi connectivity index (χ2n) is 4.15. The van der Waals surface area contributed by atoms with Crippen molar-refractivity contribution in [2.45, 2.75) is 6.92 Å².